The SMILES string of the molecule is CCOC(=O)[C@]1(CCCC#N)Cc2ccccc2[C@@H]1O. The molecule has 0 fully saturated rings. The molecule has 1 N–H and O–H groups in total. The zero-order chi connectivity index (χ0) is 14.6. The highest BCUT2D eigenvalue weighted by Crippen LogP contribution is 2.49. The van der Waals surface area contributed by atoms with Crippen LogP contribution in [0.25, 0.3) is 0 Å². The lowest BCUT2D eigenvalue weighted by atomic mass is 9.78. The number of hydrogen-bond donors (Lipinski definition) is 1. The second kappa shape index (κ2) is 6.06. The van der Waals surface area contributed by atoms with Crippen LogP contribution in [0.1, 0.15) is 43.4 Å². The van der Waals surface area contributed by atoms with E-state index in [1.54, 1.807) is 6.92 Å². The number of rotatable bonds is 5. The van der Waals surface area contributed by atoms with Crippen molar-refractivity contribution in [3.05, 3.63) is 35.4 Å². The van der Waals surface area contributed by atoms with Gasteiger partial charge in [0.2, 0.25) is 0 Å². The van der Waals surface area contributed by atoms with Crippen molar-refractivity contribution >= 4 is 5.97 Å². The number of carbonyl (C=O) groups is 1. The van der Waals surface area contributed by atoms with Gasteiger partial charge in [-0.15, -0.1) is 0 Å². The van der Waals surface area contributed by atoms with Gasteiger partial charge in [0.1, 0.15) is 5.41 Å². The third-order valence-electron chi connectivity index (χ3n) is 3.97. The fraction of sp³-hybridized carbons (Fsp3) is 0.500. The highest BCUT2D eigenvalue weighted by Gasteiger charge is 2.51. The summed E-state index contributed by atoms with van der Waals surface area (Å²) in [5.74, 6) is -0.360. The van der Waals surface area contributed by atoms with Gasteiger partial charge in [0, 0.05) is 6.42 Å². The van der Waals surface area contributed by atoms with Crippen LogP contribution < -0.4 is 0 Å². The fourth-order valence-corrected chi connectivity index (χ4v) is 2.96. The van der Waals surface area contributed by atoms with Crippen molar-refractivity contribution in [2.24, 2.45) is 5.41 Å². The minimum absolute atomic E-state index is 0.294. The molecule has 0 radical (unpaired) electrons. The van der Waals surface area contributed by atoms with Crippen LogP contribution >= 0.6 is 0 Å². The zero-order valence-corrected chi connectivity index (χ0v) is 11.6. The van der Waals surface area contributed by atoms with Gasteiger partial charge < -0.3 is 9.84 Å². The van der Waals surface area contributed by atoms with E-state index in [1.165, 1.54) is 0 Å². The highest BCUT2D eigenvalue weighted by atomic mass is 16.5. The largest absolute Gasteiger partial charge is 0.465 e. The molecule has 0 spiro atoms. The Labute approximate surface area is 119 Å². The molecule has 1 aliphatic rings. The van der Waals surface area contributed by atoms with Gasteiger partial charge in [-0.1, -0.05) is 24.3 Å². The van der Waals surface area contributed by atoms with Crippen molar-refractivity contribution in [1.29, 1.82) is 5.26 Å². The smallest absolute Gasteiger partial charge is 0.315 e. The average Bonchev–Trinajstić information content (AvgIpc) is 2.74. The first-order valence-electron chi connectivity index (χ1n) is 6.95. The lowest BCUT2D eigenvalue weighted by molar-refractivity contribution is -0.163. The highest BCUT2D eigenvalue weighted by molar-refractivity contribution is 5.80. The molecule has 4 heteroatoms. The monoisotopic (exact) mass is 273 g/mol. The summed E-state index contributed by atoms with van der Waals surface area (Å²) in [6.45, 7) is 2.05. The Hall–Kier alpha value is -1.86. The summed E-state index contributed by atoms with van der Waals surface area (Å²) in [7, 11) is 0. The summed E-state index contributed by atoms with van der Waals surface area (Å²) in [5.41, 5.74) is 0.860. The predicted octanol–water partition coefficient (Wildman–Crippen LogP) is 2.52. The maximum atomic E-state index is 12.4. The molecule has 2 atom stereocenters. The number of nitriles is 1. The van der Waals surface area contributed by atoms with Crippen LogP contribution in [0.3, 0.4) is 0 Å². The Bertz CT molecular complexity index is 535. The van der Waals surface area contributed by atoms with Crippen LogP contribution in [0.15, 0.2) is 24.3 Å². The molecule has 0 aromatic heterocycles. The van der Waals surface area contributed by atoms with Crippen LogP contribution in [0, 0.1) is 16.7 Å². The number of unbranched alkanes of at least 4 members (excludes halogenated alkanes) is 1. The summed E-state index contributed by atoms with van der Waals surface area (Å²) in [6, 6.07) is 9.63. The zero-order valence-electron chi connectivity index (χ0n) is 11.6. The Kier molecular flexibility index (Phi) is 4.41. The fourth-order valence-electron chi connectivity index (χ4n) is 2.96. The van der Waals surface area contributed by atoms with Crippen molar-refractivity contribution in [3.63, 3.8) is 0 Å². The summed E-state index contributed by atoms with van der Waals surface area (Å²) in [4.78, 5) is 12.4. The van der Waals surface area contributed by atoms with E-state index in [2.05, 4.69) is 6.07 Å². The number of ether oxygens (including phenoxy) is 1. The third-order valence-corrected chi connectivity index (χ3v) is 3.97. The van der Waals surface area contributed by atoms with E-state index in [0.717, 1.165) is 11.1 Å². The maximum absolute atomic E-state index is 12.4. The van der Waals surface area contributed by atoms with Crippen molar-refractivity contribution in [2.45, 2.75) is 38.7 Å². The molecule has 1 aliphatic carbocycles. The predicted molar refractivity (Wildman–Crippen MR) is 73.6 cm³/mol. The second-order valence-corrected chi connectivity index (χ2v) is 5.17. The third kappa shape index (κ3) is 2.41. The van der Waals surface area contributed by atoms with E-state index < -0.39 is 11.5 Å². The number of aliphatic hydroxyl groups is 1. The molecule has 0 amide bonds. The van der Waals surface area contributed by atoms with Crippen molar-refractivity contribution < 1.29 is 14.6 Å². The molecule has 0 saturated heterocycles. The molecular weight excluding hydrogens is 254 g/mol. The Balaban J connectivity index is 2.30. The summed E-state index contributed by atoms with van der Waals surface area (Å²) in [5, 5.41) is 19.3. The van der Waals surface area contributed by atoms with Gasteiger partial charge in [0.05, 0.1) is 18.8 Å². The van der Waals surface area contributed by atoms with Crippen molar-refractivity contribution in [2.75, 3.05) is 6.61 Å². The Morgan fingerprint density at radius 1 is 1.55 bits per heavy atom. The topological polar surface area (TPSA) is 70.3 Å². The van der Waals surface area contributed by atoms with Crippen LogP contribution in [0.4, 0.5) is 0 Å². The van der Waals surface area contributed by atoms with Crippen LogP contribution in [0.2, 0.25) is 0 Å². The van der Waals surface area contributed by atoms with E-state index in [9.17, 15) is 9.90 Å². The van der Waals surface area contributed by atoms with Crippen LogP contribution in [0.5, 0.6) is 0 Å². The molecule has 1 aromatic rings. The van der Waals surface area contributed by atoms with Crippen molar-refractivity contribution in [3.8, 4) is 6.07 Å². The number of carbonyl (C=O) groups excluding carboxylic acids is 1. The normalized spacial score (nSPS) is 23.9. The average molecular weight is 273 g/mol. The minimum atomic E-state index is -0.934. The second-order valence-electron chi connectivity index (χ2n) is 5.17. The standard InChI is InChI=1S/C16H19NO3/c1-2-20-15(19)16(9-5-6-10-17)11-12-7-3-4-8-13(12)14(16)18/h3-4,7-8,14,18H,2,5-6,9,11H2,1H3/t14-,16+/m0/s1. The molecule has 2 rings (SSSR count). The Morgan fingerprint density at radius 3 is 2.95 bits per heavy atom. The number of fused-ring (bicyclic) bond motifs is 1. The van der Waals surface area contributed by atoms with Gasteiger partial charge >= 0.3 is 5.97 Å². The van der Waals surface area contributed by atoms with E-state index in [-0.39, 0.29) is 5.97 Å². The number of nitrogens with zero attached hydrogens (tertiary/aromatic N) is 1. The number of benzene rings is 1. The molecule has 0 bridgehead atoms. The van der Waals surface area contributed by atoms with Crippen molar-refractivity contribution in [1.82, 2.24) is 0 Å². The molecule has 0 unspecified atom stereocenters. The minimum Gasteiger partial charge on any atom is -0.465 e. The molecular formula is C16H19NO3. The van der Waals surface area contributed by atoms with Gasteiger partial charge in [0.25, 0.3) is 0 Å². The first-order valence-corrected chi connectivity index (χ1v) is 6.95. The van der Waals surface area contributed by atoms with Gasteiger partial charge in [-0.05, 0) is 37.3 Å². The van der Waals surface area contributed by atoms with Gasteiger partial charge in [-0.25, -0.2) is 0 Å². The first kappa shape index (κ1) is 14.5. The maximum Gasteiger partial charge on any atom is 0.315 e. The molecule has 20 heavy (non-hydrogen) atoms. The van der Waals surface area contributed by atoms with E-state index in [1.807, 2.05) is 24.3 Å². The van der Waals surface area contributed by atoms with Crippen LogP contribution in [-0.4, -0.2) is 17.7 Å². The van der Waals surface area contributed by atoms with E-state index >= 15 is 0 Å². The first-order chi connectivity index (χ1) is 9.65. The lowest BCUT2D eigenvalue weighted by Gasteiger charge is -2.30. The molecule has 0 aliphatic heterocycles. The van der Waals surface area contributed by atoms with E-state index in [4.69, 9.17) is 10.00 Å². The number of aliphatic hydroxyl groups excluding tert-OH is 1. The number of hydrogen-bond acceptors (Lipinski definition) is 4. The Morgan fingerprint density at radius 2 is 2.30 bits per heavy atom. The molecule has 0 heterocycles. The molecule has 106 valence electrons. The summed E-state index contributed by atoms with van der Waals surface area (Å²) >= 11 is 0. The summed E-state index contributed by atoms with van der Waals surface area (Å²) < 4.78 is 5.18. The molecule has 0 saturated carbocycles. The molecule has 1 aromatic carbocycles. The quantitative estimate of drug-likeness (QED) is 0.661. The molecule has 4 nitrogen and oxygen atoms in total. The van der Waals surface area contributed by atoms with E-state index in [0.29, 0.717) is 32.3 Å². The number of esters is 1. The van der Waals surface area contributed by atoms with Crippen LogP contribution in [-0.2, 0) is 16.0 Å². The van der Waals surface area contributed by atoms with Gasteiger partial charge in [-0.2, -0.15) is 5.26 Å². The van der Waals surface area contributed by atoms with Gasteiger partial charge in [0.15, 0.2) is 0 Å². The van der Waals surface area contributed by atoms with Gasteiger partial charge in [-0.3, -0.25) is 4.79 Å². The lowest BCUT2D eigenvalue weighted by Crippen LogP contribution is -2.37. The summed E-state index contributed by atoms with van der Waals surface area (Å²) in [6.07, 6.45) is 1.06.